The summed E-state index contributed by atoms with van der Waals surface area (Å²) >= 11 is 0. The summed E-state index contributed by atoms with van der Waals surface area (Å²) in [5, 5.41) is 2.93. The van der Waals surface area contributed by atoms with E-state index in [1.54, 1.807) is 18.6 Å². The molecule has 0 bridgehead atoms. The normalized spacial score (nSPS) is 14.1. The van der Waals surface area contributed by atoms with Gasteiger partial charge < -0.3 is 9.88 Å². The SMILES string of the molecule is CC(NC(=O)c1ccc2c(c1)C(=O)N(C)C2=O)c1ccc(-n2ccnc2)cc1. The van der Waals surface area contributed by atoms with Crippen LogP contribution in [0.15, 0.2) is 61.2 Å². The molecule has 3 aromatic rings. The minimum absolute atomic E-state index is 0.224. The fraction of sp³-hybridized carbons (Fsp3) is 0.143. The van der Waals surface area contributed by atoms with E-state index in [1.165, 1.54) is 19.2 Å². The molecule has 0 fully saturated rings. The van der Waals surface area contributed by atoms with E-state index < -0.39 is 5.91 Å². The molecule has 0 radical (unpaired) electrons. The van der Waals surface area contributed by atoms with Crippen LogP contribution in [-0.2, 0) is 0 Å². The number of amides is 3. The van der Waals surface area contributed by atoms with Crippen molar-refractivity contribution in [1.82, 2.24) is 19.8 Å². The number of nitrogens with one attached hydrogen (secondary N) is 1. The van der Waals surface area contributed by atoms with Crippen molar-refractivity contribution in [3.05, 3.63) is 83.4 Å². The van der Waals surface area contributed by atoms with Crippen molar-refractivity contribution < 1.29 is 14.4 Å². The number of carbonyl (C=O) groups excluding carboxylic acids is 3. The Hall–Kier alpha value is -3.74. The van der Waals surface area contributed by atoms with Gasteiger partial charge in [0.05, 0.1) is 23.5 Å². The Balaban J connectivity index is 1.50. The highest BCUT2D eigenvalue weighted by Gasteiger charge is 2.33. The summed E-state index contributed by atoms with van der Waals surface area (Å²) in [5.41, 5.74) is 2.86. The molecule has 1 aromatic heterocycles. The van der Waals surface area contributed by atoms with Gasteiger partial charge in [-0.2, -0.15) is 0 Å². The first kappa shape index (κ1) is 17.7. The van der Waals surface area contributed by atoms with E-state index in [9.17, 15) is 14.4 Å². The van der Waals surface area contributed by atoms with Gasteiger partial charge in [0.25, 0.3) is 17.7 Å². The van der Waals surface area contributed by atoms with Gasteiger partial charge in [0.15, 0.2) is 0 Å². The molecule has 7 nitrogen and oxygen atoms in total. The lowest BCUT2D eigenvalue weighted by Gasteiger charge is -2.15. The molecule has 0 saturated carbocycles. The zero-order valence-electron chi connectivity index (χ0n) is 15.4. The molecule has 0 aliphatic carbocycles. The number of hydrogen-bond acceptors (Lipinski definition) is 4. The molecule has 0 saturated heterocycles. The highest BCUT2D eigenvalue weighted by atomic mass is 16.2. The van der Waals surface area contributed by atoms with Gasteiger partial charge in [-0.05, 0) is 42.8 Å². The van der Waals surface area contributed by atoms with E-state index in [0.29, 0.717) is 11.1 Å². The maximum atomic E-state index is 12.6. The number of imidazole rings is 1. The second kappa shape index (κ2) is 6.77. The third kappa shape index (κ3) is 2.96. The van der Waals surface area contributed by atoms with Gasteiger partial charge >= 0.3 is 0 Å². The summed E-state index contributed by atoms with van der Waals surface area (Å²) in [4.78, 5) is 41.8. The molecule has 2 aromatic carbocycles. The fourth-order valence-electron chi connectivity index (χ4n) is 3.21. The van der Waals surface area contributed by atoms with Crippen molar-refractivity contribution in [3.8, 4) is 5.69 Å². The van der Waals surface area contributed by atoms with Gasteiger partial charge in [0.1, 0.15) is 0 Å². The van der Waals surface area contributed by atoms with E-state index in [-0.39, 0.29) is 23.4 Å². The number of carbonyl (C=O) groups is 3. The largest absolute Gasteiger partial charge is 0.346 e. The number of nitrogens with zero attached hydrogens (tertiary/aromatic N) is 3. The number of benzene rings is 2. The van der Waals surface area contributed by atoms with Crippen LogP contribution >= 0.6 is 0 Å². The summed E-state index contributed by atoms with van der Waals surface area (Å²) < 4.78 is 1.90. The van der Waals surface area contributed by atoms with Crippen molar-refractivity contribution in [2.75, 3.05) is 7.05 Å². The van der Waals surface area contributed by atoms with Crippen LogP contribution in [0.3, 0.4) is 0 Å². The monoisotopic (exact) mass is 374 g/mol. The van der Waals surface area contributed by atoms with Crippen molar-refractivity contribution in [2.45, 2.75) is 13.0 Å². The van der Waals surface area contributed by atoms with Crippen molar-refractivity contribution in [2.24, 2.45) is 0 Å². The second-order valence-electron chi connectivity index (χ2n) is 6.69. The quantitative estimate of drug-likeness (QED) is 0.712. The minimum Gasteiger partial charge on any atom is -0.346 e. The van der Waals surface area contributed by atoms with Crippen LogP contribution in [0.1, 0.15) is 49.6 Å². The first-order chi connectivity index (χ1) is 13.5. The van der Waals surface area contributed by atoms with Crippen LogP contribution < -0.4 is 5.32 Å². The van der Waals surface area contributed by atoms with Crippen LogP contribution in [0.2, 0.25) is 0 Å². The van der Waals surface area contributed by atoms with E-state index in [1.807, 2.05) is 42.0 Å². The summed E-state index contributed by atoms with van der Waals surface area (Å²) in [7, 11) is 1.43. The molecular formula is C21H18N4O3. The summed E-state index contributed by atoms with van der Waals surface area (Å²) in [6.45, 7) is 1.89. The number of fused-ring (bicyclic) bond motifs is 1. The predicted octanol–water partition coefficient (Wildman–Crippen LogP) is 2.59. The van der Waals surface area contributed by atoms with Gasteiger partial charge in [-0.1, -0.05) is 12.1 Å². The van der Waals surface area contributed by atoms with Gasteiger partial charge in [-0.15, -0.1) is 0 Å². The summed E-state index contributed by atoms with van der Waals surface area (Å²) in [6, 6.07) is 12.1. The van der Waals surface area contributed by atoms with E-state index in [4.69, 9.17) is 0 Å². The Morgan fingerprint density at radius 2 is 1.75 bits per heavy atom. The Bertz CT molecular complexity index is 1070. The summed E-state index contributed by atoms with van der Waals surface area (Å²) in [5.74, 6) is -1.04. The number of aromatic nitrogens is 2. The topological polar surface area (TPSA) is 84.3 Å². The first-order valence-electron chi connectivity index (χ1n) is 8.81. The van der Waals surface area contributed by atoms with Crippen LogP contribution in [-0.4, -0.2) is 39.2 Å². The average molecular weight is 374 g/mol. The van der Waals surface area contributed by atoms with Crippen LogP contribution in [0.5, 0.6) is 0 Å². The molecule has 0 spiro atoms. The highest BCUT2D eigenvalue weighted by Crippen LogP contribution is 2.23. The molecule has 28 heavy (non-hydrogen) atoms. The molecule has 1 unspecified atom stereocenters. The Kier molecular flexibility index (Phi) is 4.27. The van der Waals surface area contributed by atoms with Gasteiger partial charge in [-0.25, -0.2) is 4.98 Å². The lowest BCUT2D eigenvalue weighted by atomic mass is 10.0. The van der Waals surface area contributed by atoms with Crippen LogP contribution in [0.4, 0.5) is 0 Å². The Morgan fingerprint density at radius 3 is 2.43 bits per heavy atom. The molecule has 3 amide bonds. The standard InChI is InChI=1S/C21H18N4O3/c1-13(14-3-6-16(7-4-14)25-10-9-22-12-25)23-19(26)15-5-8-17-18(11-15)21(28)24(2)20(17)27/h3-13H,1-2H3,(H,23,26). The van der Waals surface area contributed by atoms with E-state index in [2.05, 4.69) is 10.3 Å². The Morgan fingerprint density at radius 1 is 1.04 bits per heavy atom. The molecule has 1 atom stereocenters. The smallest absolute Gasteiger partial charge is 0.261 e. The third-order valence-corrected chi connectivity index (χ3v) is 4.90. The van der Waals surface area contributed by atoms with Gasteiger partial charge in [-0.3, -0.25) is 19.3 Å². The van der Waals surface area contributed by atoms with Crippen LogP contribution in [0, 0.1) is 0 Å². The predicted molar refractivity (Wildman–Crippen MR) is 102 cm³/mol. The van der Waals surface area contributed by atoms with Crippen molar-refractivity contribution in [3.63, 3.8) is 0 Å². The zero-order valence-corrected chi connectivity index (χ0v) is 15.4. The molecule has 2 heterocycles. The van der Waals surface area contributed by atoms with Crippen molar-refractivity contribution in [1.29, 1.82) is 0 Å². The number of hydrogen-bond donors (Lipinski definition) is 1. The van der Waals surface area contributed by atoms with Gasteiger partial charge in [0, 0.05) is 30.7 Å². The lowest BCUT2D eigenvalue weighted by molar-refractivity contribution is 0.0693. The van der Waals surface area contributed by atoms with Crippen molar-refractivity contribution >= 4 is 17.7 Å². The zero-order chi connectivity index (χ0) is 19.8. The molecule has 1 aliphatic heterocycles. The Labute approximate surface area is 161 Å². The minimum atomic E-state index is -0.391. The third-order valence-electron chi connectivity index (χ3n) is 4.90. The number of rotatable bonds is 4. The fourth-order valence-corrected chi connectivity index (χ4v) is 3.21. The maximum Gasteiger partial charge on any atom is 0.261 e. The van der Waals surface area contributed by atoms with Crippen LogP contribution in [0.25, 0.3) is 5.69 Å². The highest BCUT2D eigenvalue weighted by molar-refractivity contribution is 6.21. The maximum absolute atomic E-state index is 12.6. The molecular weight excluding hydrogens is 356 g/mol. The van der Waals surface area contributed by atoms with Gasteiger partial charge in [0.2, 0.25) is 0 Å². The number of imide groups is 1. The summed E-state index contributed by atoms with van der Waals surface area (Å²) in [6.07, 6.45) is 5.29. The van der Waals surface area contributed by atoms with E-state index in [0.717, 1.165) is 16.2 Å². The molecule has 7 heteroatoms. The lowest BCUT2D eigenvalue weighted by Crippen LogP contribution is -2.27. The van der Waals surface area contributed by atoms with E-state index >= 15 is 0 Å². The second-order valence-corrected chi connectivity index (χ2v) is 6.69. The molecule has 140 valence electrons. The average Bonchev–Trinajstić information content (AvgIpc) is 3.32. The molecule has 1 aliphatic rings. The molecule has 4 rings (SSSR count). The first-order valence-corrected chi connectivity index (χ1v) is 8.81. The molecule has 1 N–H and O–H groups in total.